The van der Waals surface area contributed by atoms with E-state index in [9.17, 15) is 4.79 Å². The lowest BCUT2D eigenvalue weighted by Crippen LogP contribution is -2.26. The van der Waals surface area contributed by atoms with Gasteiger partial charge in [0.2, 0.25) is 0 Å². The first-order chi connectivity index (χ1) is 6.22. The van der Waals surface area contributed by atoms with Gasteiger partial charge in [0, 0.05) is 12.1 Å². The molecule has 0 aliphatic rings. The molecule has 0 bridgehead atoms. The van der Waals surface area contributed by atoms with Crippen LogP contribution in [0, 0.1) is 0 Å². The molecule has 0 N–H and O–H groups in total. The second-order valence-electron chi connectivity index (χ2n) is 2.78. The monoisotopic (exact) mass is 184 g/mol. The molecule has 0 saturated carbocycles. The van der Waals surface area contributed by atoms with Gasteiger partial charge < -0.3 is 9.26 Å². The number of rotatable bonds is 4. The van der Waals surface area contributed by atoms with Gasteiger partial charge in [-0.05, 0) is 7.05 Å². The Morgan fingerprint density at radius 2 is 2.54 bits per heavy atom. The topological polar surface area (TPSA) is 55.6 Å². The average Bonchev–Trinajstić information content (AvgIpc) is 2.56. The quantitative estimate of drug-likeness (QED) is 0.629. The van der Waals surface area contributed by atoms with Gasteiger partial charge in [-0.15, -0.1) is 0 Å². The molecule has 0 unspecified atom stereocenters. The van der Waals surface area contributed by atoms with Crippen molar-refractivity contribution in [1.82, 2.24) is 10.1 Å². The molecule has 0 fully saturated rings. The van der Waals surface area contributed by atoms with E-state index in [1.807, 2.05) is 11.9 Å². The third-order valence-corrected chi connectivity index (χ3v) is 1.56. The maximum absolute atomic E-state index is 10.8. The molecule has 0 radical (unpaired) electrons. The van der Waals surface area contributed by atoms with Crippen LogP contribution in [0.3, 0.4) is 0 Å². The second-order valence-corrected chi connectivity index (χ2v) is 2.78. The Labute approximate surface area is 76.3 Å². The molecule has 0 spiro atoms. The Morgan fingerprint density at radius 3 is 3.08 bits per heavy atom. The summed E-state index contributed by atoms with van der Waals surface area (Å²) in [4.78, 5) is 12.7. The predicted octanol–water partition coefficient (Wildman–Crippen LogP) is 0.279. The van der Waals surface area contributed by atoms with E-state index in [1.165, 1.54) is 7.11 Å². The summed E-state index contributed by atoms with van der Waals surface area (Å²) in [6.07, 6.45) is 3.17. The van der Waals surface area contributed by atoms with Gasteiger partial charge in [0.15, 0.2) is 0 Å². The Kier molecular flexibility index (Phi) is 3.45. The lowest BCUT2D eigenvalue weighted by molar-refractivity contribution is -0.141. The van der Waals surface area contributed by atoms with Crippen molar-refractivity contribution in [2.24, 2.45) is 0 Å². The Bertz CT molecular complexity index is 258. The summed E-state index contributed by atoms with van der Waals surface area (Å²) in [6, 6.07) is 0. The molecule has 1 aromatic rings. The van der Waals surface area contributed by atoms with Crippen LogP contribution < -0.4 is 0 Å². The van der Waals surface area contributed by atoms with Crippen molar-refractivity contribution < 1.29 is 14.1 Å². The number of aromatic nitrogens is 1. The van der Waals surface area contributed by atoms with Gasteiger partial charge in [0.1, 0.15) is 6.26 Å². The normalized spacial score (nSPS) is 10.4. The van der Waals surface area contributed by atoms with E-state index in [2.05, 4.69) is 14.4 Å². The van der Waals surface area contributed by atoms with Crippen molar-refractivity contribution >= 4 is 5.97 Å². The molecule has 5 nitrogen and oxygen atoms in total. The molecule has 0 aliphatic carbocycles. The molecular weight excluding hydrogens is 172 g/mol. The number of ether oxygens (including phenoxy) is 1. The fraction of sp³-hybridized carbons (Fsp3) is 0.500. The van der Waals surface area contributed by atoms with Crippen LogP contribution in [0.2, 0.25) is 0 Å². The van der Waals surface area contributed by atoms with Gasteiger partial charge >= 0.3 is 5.97 Å². The van der Waals surface area contributed by atoms with Crippen LogP contribution >= 0.6 is 0 Å². The van der Waals surface area contributed by atoms with Gasteiger partial charge in [0.25, 0.3) is 0 Å². The summed E-state index contributed by atoms with van der Waals surface area (Å²) >= 11 is 0. The first kappa shape index (κ1) is 9.73. The van der Waals surface area contributed by atoms with Gasteiger partial charge in [-0.2, -0.15) is 0 Å². The van der Waals surface area contributed by atoms with Crippen LogP contribution in [0.15, 0.2) is 17.0 Å². The molecule has 13 heavy (non-hydrogen) atoms. The van der Waals surface area contributed by atoms with Crippen LogP contribution in [0.25, 0.3) is 0 Å². The molecule has 1 heterocycles. The van der Waals surface area contributed by atoms with E-state index < -0.39 is 0 Å². The maximum Gasteiger partial charge on any atom is 0.319 e. The van der Waals surface area contributed by atoms with E-state index in [0.29, 0.717) is 6.54 Å². The van der Waals surface area contributed by atoms with Crippen molar-refractivity contribution in [2.75, 3.05) is 20.7 Å². The average molecular weight is 184 g/mol. The number of esters is 1. The first-order valence-electron chi connectivity index (χ1n) is 3.86. The molecule has 1 aromatic heterocycles. The molecular formula is C8H12N2O3. The van der Waals surface area contributed by atoms with Crippen molar-refractivity contribution in [2.45, 2.75) is 6.54 Å². The third kappa shape index (κ3) is 3.25. The van der Waals surface area contributed by atoms with Crippen LogP contribution in [0.5, 0.6) is 0 Å². The zero-order chi connectivity index (χ0) is 9.68. The Hall–Kier alpha value is -1.36. The first-order valence-corrected chi connectivity index (χ1v) is 3.86. The SMILES string of the molecule is COC(=O)CN(C)Cc1cnoc1. The minimum absolute atomic E-state index is 0.251. The molecule has 0 aromatic carbocycles. The maximum atomic E-state index is 10.8. The number of carbonyl (C=O) groups excluding carboxylic acids is 1. The van der Waals surface area contributed by atoms with Crippen molar-refractivity contribution in [3.05, 3.63) is 18.0 Å². The number of likely N-dealkylation sites (N-methyl/N-ethyl adjacent to an activating group) is 1. The minimum Gasteiger partial charge on any atom is -0.468 e. The summed E-state index contributed by atoms with van der Waals surface area (Å²) in [5, 5.41) is 3.56. The zero-order valence-electron chi connectivity index (χ0n) is 7.69. The summed E-state index contributed by atoms with van der Waals surface area (Å²) < 4.78 is 9.17. The zero-order valence-corrected chi connectivity index (χ0v) is 7.69. The number of methoxy groups -OCH3 is 1. The Morgan fingerprint density at radius 1 is 1.77 bits per heavy atom. The second kappa shape index (κ2) is 4.61. The molecule has 0 amide bonds. The minimum atomic E-state index is -0.251. The highest BCUT2D eigenvalue weighted by molar-refractivity contribution is 5.71. The van der Waals surface area contributed by atoms with E-state index in [0.717, 1.165) is 5.56 Å². The number of hydrogen-bond acceptors (Lipinski definition) is 5. The largest absolute Gasteiger partial charge is 0.468 e. The number of carbonyl (C=O) groups is 1. The van der Waals surface area contributed by atoms with E-state index in [4.69, 9.17) is 0 Å². The molecule has 72 valence electrons. The summed E-state index contributed by atoms with van der Waals surface area (Å²) in [5.41, 5.74) is 0.936. The highest BCUT2D eigenvalue weighted by Crippen LogP contribution is 2.00. The van der Waals surface area contributed by atoms with Crippen molar-refractivity contribution in [3.8, 4) is 0 Å². The van der Waals surface area contributed by atoms with Crippen LogP contribution in [-0.4, -0.2) is 36.7 Å². The smallest absolute Gasteiger partial charge is 0.319 e. The fourth-order valence-electron chi connectivity index (χ4n) is 0.957. The lowest BCUT2D eigenvalue weighted by atomic mass is 10.3. The van der Waals surface area contributed by atoms with Crippen molar-refractivity contribution in [3.63, 3.8) is 0 Å². The van der Waals surface area contributed by atoms with Gasteiger partial charge in [-0.3, -0.25) is 9.69 Å². The highest BCUT2D eigenvalue weighted by atomic mass is 16.5. The van der Waals surface area contributed by atoms with Crippen LogP contribution in [-0.2, 0) is 16.1 Å². The molecule has 0 aliphatic heterocycles. The molecule has 0 atom stereocenters. The number of hydrogen-bond donors (Lipinski definition) is 0. The van der Waals surface area contributed by atoms with Gasteiger partial charge in [0.05, 0.1) is 19.9 Å². The predicted molar refractivity (Wildman–Crippen MR) is 44.9 cm³/mol. The lowest BCUT2D eigenvalue weighted by Gasteiger charge is -2.12. The third-order valence-electron chi connectivity index (χ3n) is 1.56. The fourth-order valence-corrected chi connectivity index (χ4v) is 0.957. The van der Waals surface area contributed by atoms with E-state index in [-0.39, 0.29) is 12.5 Å². The number of nitrogens with zero attached hydrogens (tertiary/aromatic N) is 2. The Balaban J connectivity index is 2.33. The van der Waals surface area contributed by atoms with Gasteiger partial charge in [-0.25, -0.2) is 0 Å². The van der Waals surface area contributed by atoms with E-state index >= 15 is 0 Å². The highest BCUT2D eigenvalue weighted by Gasteiger charge is 2.07. The van der Waals surface area contributed by atoms with Crippen LogP contribution in [0.1, 0.15) is 5.56 Å². The molecule has 1 rings (SSSR count). The standard InChI is InChI=1S/C8H12N2O3/c1-10(5-8(11)12-2)4-7-3-9-13-6-7/h3,6H,4-5H2,1-2H3. The molecule has 5 heteroatoms. The summed E-state index contributed by atoms with van der Waals surface area (Å²) in [7, 11) is 3.19. The van der Waals surface area contributed by atoms with Gasteiger partial charge in [-0.1, -0.05) is 5.16 Å². The van der Waals surface area contributed by atoms with Crippen molar-refractivity contribution in [1.29, 1.82) is 0 Å². The summed E-state index contributed by atoms with van der Waals surface area (Å²) in [5.74, 6) is -0.251. The summed E-state index contributed by atoms with van der Waals surface area (Å²) in [6.45, 7) is 0.889. The van der Waals surface area contributed by atoms with Crippen LogP contribution in [0.4, 0.5) is 0 Å². The van der Waals surface area contributed by atoms with E-state index in [1.54, 1.807) is 12.5 Å². The molecule has 0 saturated heterocycles.